The highest BCUT2D eigenvalue weighted by Crippen LogP contribution is 2.40. The zero-order chi connectivity index (χ0) is 36.1. The van der Waals surface area contributed by atoms with Crippen molar-refractivity contribution < 1.29 is 19.4 Å². The molecule has 4 aromatic rings. The molecule has 1 saturated heterocycles. The van der Waals surface area contributed by atoms with E-state index in [1.54, 1.807) is 26.8 Å². The van der Waals surface area contributed by atoms with Crippen LogP contribution in [0.4, 0.5) is 5.82 Å². The van der Waals surface area contributed by atoms with E-state index in [1.165, 1.54) is 0 Å². The van der Waals surface area contributed by atoms with Crippen LogP contribution in [0.15, 0.2) is 60.7 Å². The van der Waals surface area contributed by atoms with Crippen molar-refractivity contribution >= 4 is 17.4 Å². The lowest BCUT2D eigenvalue weighted by atomic mass is 9.76. The number of nitriles is 1. The van der Waals surface area contributed by atoms with Crippen molar-refractivity contribution in [2.45, 2.75) is 98.7 Å². The minimum atomic E-state index is -0.500. The number of aromatic nitrogens is 3. The summed E-state index contributed by atoms with van der Waals surface area (Å²) in [6, 6.07) is 18.1. The number of piperidine rings is 1. The molecule has 0 amide bonds. The van der Waals surface area contributed by atoms with Gasteiger partial charge in [-0.25, -0.2) is 4.98 Å². The zero-order valence-electron chi connectivity index (χ0n) is 30.6. The van der Waals surface area contributed by atoms with E-state index in [1.807, 2.05) is 54.8 Å². The topological polar surface area (TPSA) is 113 Å². The molecule has 6 bridgehead atoms. The molecule has 0 saturated carbocycles. The summed E-state index contributed by atoms with van der Waals surface area (Å²) in [5.41, 5.74) is 6.25. The Kier molecular flexibility index (Phi) is 11.3. The lowest BCUT2D eigenvalue weighted by Crippen LogP contribution is -2.40. The molecule has 2 aromatic heterocycles. The van der Waals surface area contributed by atoms with Crippen LogP contribution in [0, 0.1) is 23.7 Å². The number of ether oxygens (including phenoxy) is 2. The van der Waals surface area contributed by atoms with E-state index in [2.05, 4.69) is 43.0 Å². The standard InChI is InChI=1S/C37H41N5O3.C4H10O/c1-5-44-35(43)22-30-26(3)39-34-23-32-29-12-9-11-28(21-29)31-20-27(24-38)13-14-33(31)45-25(2)10-7-6-8-15-37(4)16-18-41(19-17-37)36(30)42(34)40-32;1-4(2,3)5/h6-7,9,11-14,20-21,23,25H,5,8,10,15-19,22H2,1-4H3;5H,1-3H3/b7-6+;. The van der Waals surface area contributed by atoms with Gasteiger partial charge < -0.3 is 19.5 Å². The maximum absolute atomic E-state index is 12.8. The third-order valence-corrected chi connectivity index (χ3v) is 9.23. The van der Waals surface area contributed by atoms with E-state index in [9.17, 15) is 10.1 Å². The number of fused-ring (bicyclic) bond motifs is 7. The fourth-order valence-corrected chi connectivity index (χ4v) is 6.55. The van der Waals surface area contributed by atoms with Gasteiger partial charge in [0, 0.05) is 48.0 Å². The zero-order valence-corrected chi connectivity index (χ0v) is 30.6. The van der Waals surface area contributed by atoms with E-state index < -0.39 is 5.60 Å². The Morgan fingerprint density at radius 2 is 1.82 bits per heavy atom. The van der Waals surface area contributed by atoms with Crippen LogP contribution in [0.25, 0.3) is 28.0 Å². The predicted octanol–water partition coefficient (Wildman–Crippen LogP) is 8.24. The molecule has 2 aromatic carbocycles. The summed E-state index contributed by atoms with van der Waals surface area (Å²) in [6.45, 7) is 15.6. The first-order valence-electron chi connectivity index (χ1n) is 17.8. The number of hydrogen-bond acceptors (Lipinski definition) is 8. The lowest BCUT2D eigenvalue weighted by Gasteiger charge is -2.41. The summed E-state index contributed by atoms with van der Waals surface area (Å²) in [6.07, 6.45) is 9.71. The van der Waals surface area contributed by atoms with Crippen LogP contribution in [-0.2, 0) is 16.0 Å². The van der Waals surface area contributed by atoms with Crippen LogP contribution in [0.1, 0.15) is 90.5 Å². The highest BCUT2D eigenvalue weighted by atomic mass is 16.5. The molecule has 264 valence electrons. The van der Waals surface area contributed by atoms with Gasteiger partial charge in [0.25, 0.3) is 0 Å². The number of carbonyl (C=O) groups excluding carboxylic acids is 1. The molecule has 9 heteroatoms. The number of allylic oxidation sites excluding steroid dienone is 1. The van der Waals surface area contributed by atoms with Gasteiger partial charge in [-0.1, -0.05) is 37.3 Å². The maximum atomic E-state index is 12.8. The van der Waals surface area contributed by atoms with Crippen molar-refractivity contribution in [1.29, 1.82) is 5.26 Å². The number of aryl methyl sites for hydroxylation is 1. The smallest absolute Gasteiger partial charge is 0.310 e. The van der Waals surface area contributed by atoms with Gasteiger partial charge in [-0.05, 0) is 102 Å². The minimum Gasteiger partial charge on any atom is -0.490 e. The summed E-state index contributed by atoms with van der Waals surface area (Å²) < 4.78 is 13.7. The first-order chi connectivity index (χ1) is 23.8. The molecular formula is C41H51N5O4. The van der Waals surface area contributed by atoms with E-state index >= 15 is 0 Å². The molecule has 1 N–H and O–H groups in total. The number of rotatable bonds is 3. The van der Waals surface area contributed by atoms with Crippen molar-refractivity contribution in [3.05, 3.63) is 77.5 Å². The van der Waals surface area contributed by atoms with Gasteiger partial charge >= 0.3 is 5.97 Å². The molecule has 0 radical (unpaired) electrons. The van der Waals surface area contributed by atoms with Gasteiger partial charge in [-0.15, -0.1) is 0 Å². The fraction of sp³-hybridized carbons (Fsp3) is 0.463. The molecule has 3 aliphatic rings. The number of nitrogens with zero attached hydrogens (tertiary/aromatic N) is 5. The highest BCUT2D eigenvalue weighted by Gasteiger charge is 2.32. The molecule has 5 heterocycles. The number of esters is 1. The Bertz CT molecular complexity index is 1880. The quantitative estimate of drug-likeness (QED) is 0.170. The van der Waals surface area contributed by atoms with Crippen molar-refractivity contribution in [3.63, 3.8) is 0 Å². The maximum Gasteiger partial charge on any atom is 0.310 e. The van der Waals surface area contributed by atoms with Crippen LogP contribution in [0.2, 0.25) is 0 Å². The summed E-state index contributed by atoms with van der Waals surface area (Å²) >= 11 is 0. The third kappa shape index (κ3) is 9.10. The Balaban J connectivity index is 0.000000908. The Morgan fingerprint density at radius 1 is 1.10 bits per heavy atom. The van der Waals surface area contributed by atoms with E-state index in [-0.39, 0.29) is 23.9 Å². The van der Waals surface area contributed by atoms with Crippen molar-refractivity contribution in [2.75, 3.05) is 24.6 Å². The fourth-order valence-electron chi connectivity index (χ4n) is 6.55. The average Bonchev–Trinajstić information content (AvgIpc) is 3.48. The molecule has 0 aliphatic carbocycles. The molecule has 3 aliphatic heterocycles. The van der Waals surface area contributed by atoms with Gasteiger partial charge in [0.15, 0.2) is 5.65 Å². The van der Waals surface area contributed by atoms with Crippen LogP contribution in [-0.4, -0.2) is 57.1 Å². The van der Waals surface area contributed by atoms with Gasteiger partial charge in [0.2, 0.25) is 0 Å². The van der Waals surface area contributed by atoms with E-state index in [0.29, 0.717) is 12.2 Å². The predicted molar refractivity (Wildman–Crippen MR) is 198 cm³/mol. The van der Waals surface area contributed by atoms with Gasteiger partial charge in [0.05, 0.1) is 42.1 Å². The van der Waals surface area contributed by atoms with Crippen LogP contribution >= 0.6 is 0 Å². The highest BCUT2D eigenvalue weighted by molar-refractivity contribution is 5.79. The van der Waals surface area contributed by atoms with Crippen LogP contribution < -0.4 is 9.64 Å². The van der Waals surface area contributed by atoms with E-state index in [4.69, 9.17) is 24.7 Å². The van der Waals surface area contributed by atoms with Crippen molar-refractivity contribution in [1.82, 2.24) is 14.6 Å². The Morgan fingerprint density at radius 3 is 2.52 bits per heavy atom. The molecule has 7 rings (SSSR count). The molecule has 50 heavy (non-hydrogen) atoms. The van der Waals surface area contributed by atoms with Gasteiger partial charge in [-0.2, -0.15) is 14.9 Å². The van der Waals surface area contributed by atoms with Crippen LogP contribution in [0.3, 0.4) is 0 Å². The molecule has 9 nitrogen and oxygen atoms in total. The summed E-state index contributed by atoms with van der Waals surface area (Å²) in [5, 5.41) is 23.3. The Labute approximate surface area is 296 Å². The third-order valence-electron chi connectivity index (χ3n) is 9.23. The monoisotopic (exact) mass is 677 g/mol. The Hall–Kier alpha value is -4.68. The number of aliphatic hydroxyl groups is 1. The summed E-state index contributed by atoms with van der Waals surface area (Å²) in [7, 11) is 0. The number of hydrogen-bond donors (Lipinski definition) is 1. The van der Waals surface area contributed by atoms with Crippen LogP contribution in [0.5, 0.6) is 5.75 Å². The largest absolute Gasteiger partial charge is 0.490 e. The summed E-state index contributed by atoms with van der Waals surface area (Å²) in [4.78, 5) is 20.1. The number of anilines is 1. The molecule has 0 spiro atoms. The molecular weight excluding hydrogens is 626 g/mol. The minimum absolute atomic E-state index is 0.0180. The second kappa shape index (κ2) is 15.5. The second-order valence-electron chi connectivity index (χ2n) is 14.8. The second-order valence-corrected chi connectivity index (χ2v) is 14.8. The van der Waals surface area contributed by atoms with Crippen molar-refractivity contribution in [2.24, 2.45) is 5.41 Å². The van der Waals surface area contributed by atoms with E-state index in [0.717, 1.165) is 96.0 Å². The van der Waals surface area contributed by atoms with Crippen molar-refractivity contribution in [3.8, 4) is 34.2 Å². The molecule has 1 unspecified atom stereocenters. The number of benzene rings is 2. The summed E-state index contributed by atoms with van der Waals surface area (Å²) in [5.74, 6) is 1.41. The normalized spacial score (nSPS) is 19.8. The number of carbonyl (C=O) groups is 1. The first kappa shape index (κ1) is 36.6. The first-order valence-corrected chi connectivity index (χ1v) is 17.8. The molecule has 1 fully saturated rings. The average molecular weight is 678 g/mol. The lowest BCUT2D eigenvalue weighted by molar-refractivity contribution is -0.142. The SMILES string of the molecule is CC(C)(C)O.CCOC(=O)Cc1c(C)nc2cc3nn2c1N1CCC(C)(CC/C=C/CC(C)Oc2ccc(C#N)cc2-c2cccc-3c2)CC1. The molecule has 1 atom stereocenters. The van der Waals surface area contributed by atoms with Gasteiger partial charge in [-0.3, -0.25) is 4.79 Å². The van der Waals surface area contributed by atoms with Gasteiger partial charge in [0.1, 0.15) is 11.6 Å².